The van der Waals surface area contributed by atoms with Crippen molar-refractivity contribution in [2.24, 2.45) is 0 Å². The second-order valence-corrected chi connectivity index (χ2v) is 9.16. The Morgan fingerprint density at radius 1 is 1.22 bits per heavy atom. The summed E-state index contributed by atoms with van der Waals surface area (Å²) in [6.07, 6.45) is 4.17. The number of thioether (sulfide) groups is 1. The molecule has 8 heteroatoms. The predicted octanol–water partition coefficient (Wildman–Crippen LogP) is 4.58. The smallest absolute Gasteiger partial charge is 0.237 e. The van der Waals surface area contributed by atoms with Gasteiger partial charge in [0.25, 0.3) is 0 Å². The number of ether oxygens (including phenoxy) is 3. The maximum atomic E-state index is 12.9. The third kappa shape index (κ3) is 4.47. The van der Waals surface area contributed by atoms with Crippen molar-refractivity contribution in [2.45, 2.75) is 42.8 Å². The van der Waals surface area contributed by atoms with Crippen molar-refractivity contribution in [3.8, 4) is 22.8 Å². The molecule has 32 heavy (non-hydrogen) atoms. The predicted molar refractivity (Wildman–Crippen MR) is 123 cm³/mol. The number of fused-ring (bicyclic) bond motifs is 1. The standard InChI is InChI=1S/C24H25N3O4S/c1-16(23(28)26-18-9-10-21-22(12-18)31-15-30-21)32-24-25-13-20(17-6-3-2-4-7-17)27(24)14-19-8-5-11-29-19/h2-4,6-7,9-10,12-13,16,19H,5,8,11,14-15H2,1H3,(H,26,28). The molecule has 2 aliphatic heterocycles. The molecule has 0 radical (unpaired) electrons. The fraction of sp³-hybridized carbons (Fsp3) is 0.333. The minimum atomic E-state index is -0.338. The van der Waals surface area contributed by atoms with Crippen LogP contribution in [0.4, 0.5) is 5.69 Å². The second kappa shape index (κ2) is 9.26. The van der Waals surface area contributed by atoms with Gasteiger partial charge in [0.15, 0.2) is 16.7 Å². The van der Waals surface area contributed by atoms with Gasteiger partial charge in [0.05, 0.1) is 29.8 Å². The summed E-state index contributed by atoms with van der Waals surface area (Å²) in [5.74, 6) is 1.24. The summed E-state index contributed by atoms with van der Waals surface area (Å²) in [4.78, 5) is 17.5. The van der Waals surface area contributed by atoms with E-state index in [0.717, 1.165) is 42.4 Å². The molecule has 3 heterocycles. The monoisotopic (exact) mass is 451 g/mol. The Morgan fingerprint density at radius 2 is 2.06 bits per heavy atom. The first-order chi connectivity index (χ1) is 15.7. The van der Waals surface area contributed by atoms with Gasteiger partial charge < -0.3 is 24.1 Å². The van der Waals surface area contributed by atoms with Gasteiger partial charge in [-0.3, -0.25) is 4.79 Å². The highest BCUT2D eigenvalue weighted by molar-refractivity contribution is 8.00. The molecule has 1 N–H and O–H groups in total. The van der Waals surface area contributed by atoms with Crippen LogP contribution in [0, 0.1) is 0 Å². The van der Waals surface area contributed by atoms with Gasteiger partial charge in [0, 0.05) is 18.4 Å². The minimum absolute atomic E-state index is 0.0956. The van der Waals surface area contributed by atoms with Crippen LogP contribution in [0.5, 0.6) is 11.5 Å². The number of anilines is 1. The lowest BCUT2D eigenvalue weighted by atomic mass is 10.1. The molecular weight excluding hydrogens is 426 g/mol. The van der Waals surface area contributed by atoms with Crippen molar-refractivity contribution >= 4 is 23.4 Å². The lowest BCUT2D eigenvalue weighted by Crippen LogP contribution is -2.23. The number of benzene rings is 2. The molecule has 2 aromatic carbocycles. The molecule has 166 valence electrons. The highest BCUT2D eigenvalue weighted by Crippen LogP contribution is 2.35. The number of nitrogens with zero attached hydrogens (tertiary/aromatic N) is 2. The van der Waals surface area contributed by atoms with Crippen LogP contribution in [0.15, 0.2) is 59.9 Å². The number of imidazole rings is 1. The van der Waals surface area contributed by atoms with Gasteiger partial charge in [0.2, 0.25) is 12.7 Å². The lowest BCUT2D eigenvalue weighted by molar-refractivity contribution is -0.115. The Kier molecular flexibility index (Phi) is 6.05. The quantitative estimate of drug-likeness (QED) is 0.530. The highest BCUT2D eigenvalue weighted by atomic mass is 32.2. The lowest BCUT2D eigenvalue weighted by Gasteiger charge is -2.18. The number of hydrogen-bond acceptors (Lipinski definition) is 6. The molecule has 2 atom stereocenters. The number of nitrogens with one attached hydrogen (secondary N) is 1. The van der Waals surface area contributed by atoms with E-state index in [1.165, 1.54) is 11.8 Å². The Hall–Kier alpha value is -2.97. The van der Waals surface area contributed by atoms with E-state index < -0.39 is 0 Å². The summed E-state index contributed by atoms with van der Waals surface area (Å²) in [5.41, 5.74) is 2.81. The highest BCUT2D eigenvalue weighted by Gasteiger charge is 2.24. The van der Waals surface area contributed by atoms with Gasteiger partial charge in [-0.2, -0.15) is 0 Å². The second-order valence-electron chi connectivity index (χ2n) is 7.86. The summed E-state index contributed by atoms with van der Waals surface area (Å²) in [5, 5.41) is 3.44. The van der Waals surface area contributed by atoms with Crippen molar-refractivity contribution < 1.29 is 19.0 Å². The molecule has 0 spiro atoms. The van der Waals surface area contributed by atoms with Crippen LogP contribution in [-0.4, -0.2) is 40.2 Å². The van der Waals surface area contributed by atoms with Gasteiger partial charge in [0.1, 0.15) is 0 Å². The third-order valence-electron chi connectivity index (χ3n) is 5.59. The number of carbonyl (C=O) groups excluding carboxylic acids is 1. The van der Waals surface area contributed by atoms with Crippen LogP contribution >= 0.6 is 11.8 Å². The van der Waals surface area contributed by atoms with E-state index in [-0.39, 0.29) is 24.1 Å². The molecule has 1 aromatic heterocycles. The van der Waals surface area contributed by atoms with E-state index in [0.29, 0.717) is 17.2 Å². The Bertz CT molecular complexity index is 1100. The van der Waals surface area contributed by atoms with Crippen LogP contribution in [0.1, 0.15) is 19.8 Å². The van der Waals surface area contributed by atoms with Crippen molar-refractivity contribution in [1.82, 2.24) is 9.55 Å². The van der Waals surface area contributed by atoms with E-state index in [4.69, 9.17) is 14.2 Å². The van der Waals surface area contributed by atoms with Crippen LogP contribution < -0.4 is 14.8 Å². The number of hydrogen-bond donors (Lipinski definition) is 1. The van der Waals surface area contributed by atoms with Crippen LogP contribution in [0.3, 0.4) is 0 Å². The van der Waals surface area contributed by atoms with Gasteiger partial charge in [-0.1, -0.05) is 42.1 Å². The third-order valence-corrected chi connectivity index (χ3v) is 6.69. The first-order valence-electron chi connectivity index (χ1n) is 10.8. The van der Waals surface area contributed by atoms with Crippen molar-refractivity contribution in [2.75, 3.05) is 18.7 Å². The fourth-order valence-corrected chi connectivity index (χ4v) is 4.79. The summed E-state index contributed by atoms with van der Waals surface area (Å²) < 4.78 is 18.8. The Labute approximate surface area is 191 Å². The normalized spacial score (nSPS) is 18.0. The summed E-state index contributed by atoms with van der Waals surface area (Å²) in [6.45, 7) is 3.62. The average Bonchev–Trinajstić information content (AvgIpc) is 3.56. The maximum Gasteiger partial charge on any atom is 0.237 e. The molecule has 2 unspecified atom stereocenters. The molecule has 0 bridgehead atoms. The van der Waals surface area contributed by atoms with E-state index in [2.05, 4.69) is 27.0 Å². The zero-order valence-electron chi connectivity index (χ0n) is 17.8. The number of carbonyl (C=O) groups is 1. The summed E-state index contributed by atoms with van der Waals surface area (Å²) >= 11 is 1.45. The minimum Gasteiger partial charge on any atom is -0.454 e. The number of rotatable bonds is 7. The van der Waals surface area contributed by atoms with Crippen molar-refractivity contribution in [3.63, 3.8) is 0 Å². The van der Waals surface area contributed by atoms with Crippen LogP contribution in [0.25, 0.3) is 11.3 Å². The topological polar surface area (TPSA) is 74.6 Å². The molecule has 1 fully saturated rings. The van der Waals surface area contributed by atoms with E-state index in [9.17, 15) is 4.79 Å². The Balaban J connectivity index is 1.33. The zero-order chi connectivity index (χ0) is 21.9. The van der Waals surface area contributed by atoms with Gasteiger partial charge in [-0.05, 0) is 37.5 Å². The van der Waals surface area contributed by atoms with Crippen LogP contribution in [0.2, 0.25) is 0 Å². The van der Waals surface area contributed by atoms with E-state index in [1.807, 2.05) is 37.4 Å². The zero-order valence-corrected chi connectivity index (χ0v) is 18.6. The number of aromatic nitrogens is 2. The first kappa shape index (κ1) is 20.9. The van der Waals surface area contributed by atoms with E-state index >= 15 is 0 Å². The van der Waals surface area contributed by atoms with E-state index in [1.54, 1.807) is 12.1 Å². The summed E-state index contributed by atoms with van der Waals surface area (Å²) in [7, 11) is 0. The first-order valence-corrected chi connectivity index (χ1v) is 11.6. The molecular formula is C24H25N3O4S. The molecule has 0 saturated carbocycles. The van der Waals surface area contributed by atoms with Crippen molar-refractivity contribution in [3.05, 3.63) is 54.7 Å². The van der Waals surface area contributed by atoms with Gasteiger partial charge in [-0.15, -0.1) is 0 Å². The molecule has 3 aromatic rings. The maximum absolute atomic E-state index is 12.9. The molecule has 0 aliphatic carbocycles. The molecule has 7 nitrogen and oxygen atoms in total. The fourth-order valence-electron chi connectivity index (χ4n) is 3.89. The number of amides is 1. The van der Waals surface area contributed by atoms with Crippen LogP contribution in [-0.2, 0) is 16.1 Å². The molecule has 2 aliphatic rings. The average molecular weight is 452 g/mol. The SMILES string of the molecule is CC(Sc1ncc(-c2ccccc2)n1CC1CCCO1)C(=O)Nc1ccc2c(c1)OCO2. The van der Waals surface area contributed by atoms with Crippen molar-refractivity contribution in [1.29, 1.82) is 0 Å². The Morgan fingerprint density at radius 3 is 2.88 bits per heavy atom. The van der Waals surface area contributed by atoms with Gasteiger partial charge >= 0.3 is 0 Å². The summed E-state index contributed by atoms with van der Waals surface area (Å²) in [6, 6.07) is 15.6. The molecule has 5 rings (SSSR count). The van der Waals surface area contributed by atoms with Gasteiger partial charge in [-0.25, -0.2) is 4.98 Å². The largest absolute Gasteiger partial charge is 0.454 e. The molecule has 1 saturated heterocycles. The molecule has 1 amide bonds.